The maximum atomic E-state index is 6.47. The van der Waals surface area contributed by atoms with Crippen molar-refractivity contribution in [2.24, 2.45) is 0 Å². The number of benzene rings is 1. The Hall–Kier alpha value is -1.42. The normalized spacial score (nSPS) is 36.0. The third-order valence-electron chi connectivity index (χ3n) is 5.20. The van der Waals surface area contributed by atoms with E-state index in [9.17, 15) is 0 Å². The predicted octanol–water partition coefficient (Wildman–Crippen LogP) is 4.10. The molecule has 23 heavy (non-hydrogen) atoms. The van der Waals surface area contributed by atoms with Crippen molar-refractivity contribution in [1.29, 1.82) is 0 Å². The lowest BCUT2D eigenvalue weighted by Gasteiger charge is -2.34. The topological polar surface area (TPSA) is 27.7 Å². The van der Waals surface area contributed by atoms with Crippen LogP contribution >= 0.6 is 0 Å². The van der Waals surface area contributed by atoms with Gasteiger partial charge in [-0.2, -0.15) is 0 Å². The molecule has 1 unspecified atom stereocenters. The standard InChI is InChI=1S/C20H24O3/c1-19(22-13-7-10-16-8-3-2-4-9-16)14-18-20(23-19)12-6-5-11-17(20)15-21-18/h2-4,7-11,18H,5-6,12-15H2,1H3/b10-7+/t18-,19?,20-/m0/s1. The summed E-state index contributed by atoms with van der Waals surface area (Å²) in [7, 11) is 0. The molecule has 2 heterocycles. The maximum Gasteiger partial charge on any atom is 0.169 e. The first kappa shape index (κ1) is 15.1. The van der Waals surface area contributed by atoms with Crippen molar-refractivity contribution in [1.82, 2.24) is 0 Å². The molecule has 3 heteroatoms. The van der Waals surface area contributed by atoms with Gasteiger partial charge in [0.1, 0.15) is 5.60 Å². The van der Waals surface area contributed by atoms with Crippen LogP contribution in [0.2, 0.25) is 0 Å². The molecule has 1 spiro atoms. The van der Waals surface area contributed by atoms with Gasteiger partial charge in [-0.25, -0.2) is 0 Å². The summed E-state index contributed by atoms with van der Waals surface area (Å²) in [5.74, 6) is -0.553. The molecule has 0 amide bonds. The summed E-state index contributed by atoms with van der Waals surface area (Å²) in [6.07, 6.45) is 10.8. The van der Waals surface area contributed by atoms with Crippen molar-refractivity contribution in [2.75, 3.05) is 13.2 Å². The molecule has 1 aromatic carbocycles. The van der Waals surface area contributed by atoms with Crippen molar-refractivity contribution in [2.45, 2.75) is 50.1 Å². The van der Waals surface area contributed by atoms with Crippen LogP contribution < -0.4 is 0 Å². The molecule has 0 aromatic heterocycles. The van der Waals surface area contributed by atoms with E-state index >= 15 is 0 Å². The molecule has 3 nitrogen and oxygen atoms in total. The van der Waals surface area contributed by atoms with E-state index in [1.807, 2.05) is 31.2 Å². The minimum atomic E-state index is -0.553. The molecule has 1 aliphatic carbocycles. The molecule has 0 saturated carbocycles. The second kappa shape index (κ2) is 5.90. The van der Waals surface area contributed by atoms with Crippen LogP contribution in [-0.4, -0.2) is 30.7 Å². The van der Waals surface area contributed by atoms with Gasteiger partial charge in [0, 0.05) is 6.42 Å². The van der Waals surface area contributed by atoms with Crippen LogP contribution in [0, 0.1) is 0 Å². The van der Waals surface area contributed by atoms with E-state index < -0.39 is 5.79 Å². The van der Waals surface area contributed by atoms with E-state index in [1.54, 1.807) is 0 Å². The van der Waals surface area contributed by atoms with E-state index in [1.165, 1.54) is 17.6 Å². The summed E-state index contributed by atoms with van der Waals surface area (Å²) in [6.45, 7) is 3.33. The minimum absolute atomic E-state index is 0.150. The predicted molar refractivity (Wildman–Crippen MR) is 89.9 cm³/mol. The van der Waals surface area contributed by atoms with Crippen LogP contribution in [0.25, 0.3) is 6.08 Å². The zero-order valence-corrected chi connectivity index (χ0v) is 13.7. The molecule has 122 valence electrons. The van der Waals surface area contributed by atoms with E-state index in [0.717, 1.165) is 25.9 Å². The zero-order chi connectivity index (χ0) is 15.8. The molecule has 1 aromatic rings. The van der Waals surface area contributed by atoms with Crippen LogP contribution in [0.5, 0.6) is 0 Å². The summed E-state index contributed by atoms with van der Waals surface area (Å²) in [6, 6.07) is 10.3. The van der Waals surface area contributed by atoms with Crippen LogP contribution in [0.15, 0.2) is 48.1 Å². The lowest BCUT2D eigenvalue weighted by atomic mass is 9.81. The van der Waals surface area contributed by atoms with Crippen LogP contribution in [0.3, 0.4) is 0 Å². The highest BCUT2D eigenvalue weighted by Crippen LogP contribution is 2.52. The zero-order valence-electron chi connectivity index (χ0n) is 13.7. The molecule has 0 radical (unpaired) electrons. The average Bonchev–Trinajstić information content (AvgIpc) is 3.03. The van der Waals surface area contributed by atoms with Crippen molar-refractivity contribution in [3.05, 3.63) is 53.6 Å². The molecular formula is C20H24O3. The summed E-state index contributed by atoms with van der Waals surface area (Å²) >= 11 is 0. The Labute approximate surface area is 137 Å². The highest BCUT2D eigenvalue weighted by Gasteiger charge is 2.60. The summed E-state index contributed by atoms with van der Waals surface area (Å²) in [5, 5.41) is 0. The van der Waals surface area contributed by atoms with Gasteiger partial charge in [-0.1, -0.05) is 48.6 Å². The van der Waals surface area contributed by atoms with Crippen LogP contribution in [0.1, 0.15) is 38.2 Å². The van der Waals surface area contributed by atoms with Crippen molar-refractivity contribution >= 4 is 6.08 Å². The number of allylic oxidation sites excluding steroid dienone is 1. The molecule has 0 bridgehead atoms. The molecule has 0 N–H and O–H groups in total. The Balaban J connectivity index is 1.40. The number of ether oxygens (including phenoxy) is 3. The molecule has 3 aliphatic rings. The summed E-state index contributed by atoms with van der Waals surface area (Å²) in [5.41, 5.74) is 2.31. The summed E-state index contributed by atoms with van der Waals surface area (Å²) in [4.78, 5) is 0. The average molecular weight is 312 g/mol. The minimum Gasteiger partial charge on any atom is -0.370 e. The Kier molecular flexibility index (Phi) is 3.88. The second-order valence-corrected chi connectivity index (χ2v) is 6.87. The Morgan fingerprint density at radius 1 is 1.30 bits per heavy atom. The first-order chi connectivity index (χ1) is 11.2. The highest BCUT2D eigenvalue weighted by atomic mass is 16.7. The van der Waals surface area contributed by atoms with E-state index in [2.05, 4.69) is 24.3 Å². The third kappa shape index (κ3) is 2.78. The molecule has 3 atom stereocenters. The second-order valence-electron chi connectivity index (χ2n) is 6.87. The SMILES string of the molecule is CC1(OC/C=C/c2ccccc2)C[C@@H]2OCC3=CCCC[C@]32O1. The van der Waals surface area contributed by atoms with Crippen LogP contribution in [-0.2, 0) is 14.2 Å². The van der Waals surface area contributed by atoms with Gasteiger partial charge in [-0.05, 0) is 37.3 Å². The fraction of sp³-hybridized carbons (Fsp3) is 0.500. The first-order valence-electron chi connectivity index (χ1n) is 8.57. The third-order valence-corrected chi connectivity index (χ3v) is 5.20. The van der Waals surface area contributed by atoms with Gasteiger partial charge in [0.15, 0.2) is 5.79 Å². The smallest absolute Gasteiger partial charge is 0.169 e. The van der Waals surface area contributed by atoms with Crippen molar-refractivity contribution < 1.29 is 14.2 Å². The van der Waals surface area contributed by atoms with Gasteiger partial charge in [-0.3, -0.25) is 0 Å². The lowest BCUT2D eigenvalue weighted by Crippen LogP contribution is -2.40. The van der Waals surface area contributed by atoms with E-state index in [0.29, 0.717) is 6.61 Å². The Morgan fingerprint density at radius 2 is 2.17 bits per heavy atom. The summed E-state index contributed by atoms with van der Waals surface area (Å²) < 4.78 is 18.5. The van der Waals surface area contributed by atoms with Gasteiger partial charge in [0.05, 0.1) is 19.3 Å². The van der Waals surface area contributed by atoms with Gasteiger partial charge in [0.25, 0.3) is 0 Å². The van der Waals surface area contributed by atoms with E-state index in [4.69, 9.17) is 14.2 Å². The van der Waals surface area contributed by atoms with E-state index in [-0.39, 0.29) is 11.7 Å². The van der Waals surface area contributed by atoms with Crippen LogP contribution in [0.4, 0.5) is 0 Å². The van der Waals surface area contributed by atoms with Gasteiger partial charge in [0.2, 0.25) is 0 Å². The molecule has 2 saturated heterocycles. The lowest BCUT2D eigenvalue weighted by molar-refractivity contribution is -0.229. The molecule has 4 rings (SSSR count). The highest BCUT2D eigenvalue weighted by molar-refractivity contribution is 5.48. The molecule has 2 aliphatic heterocycles. The van der Waals surface area contributed by atoms with Crippen molar-refractivity contribution in [3.8, 4) is 0 Å². The fourth-order valence-corrected chi connectivity index (χ4v) is 4.08. The van der Waals surface area contributed by atoms with Gasteiger partial charge >= 0.3 is 0 Å². The molecular weight excluding hydrogens is 288 g/mol. The maximum absolute atomic E-state index is 6.47. The Bertz CT molecular complexity index is 621. The first-order valence-corrected chi connectivity index (χ1v) is 8.57. The number of hydrogen-bond acceptors (Lipinski definition) is 3. The molecule has 2 fully saturated rings. The Morgan fingerprint density at radius 3 is 3.04 bits per heavy atom. The largest absolute Gasteiger partial charge is 0.370 e. The fourth-order valence-electron chi connectivity index (χ4n) is 4.08. The number of rotatable bonds is 4. The quantitative estimate of drug-likeness (QED) is 0.783. The van der Waals surface area contributed by atoms with Gasteiger partial charge < -0.3 is 14.2 Å². The number of hydrogen-bond donors (Lipinski definition) is 0. The van der Waals surface area contributed by atoms with Gasteiger partial charge in [-0.15, -0.1) is 0 Å². The monoisotopic (exact) mass is 312 g/mol. The van der Waals surface area contributed by atoms with Crippen molar-refractivity contribution in [3.63, 3.8) is 0 Å².